The van der Waals surface area contributed by atoms with Gasteiger partial charge in [0, 0.05) is 0 Å². The molecule has 0 aliphatic carbocycles. The number of nitrogens with one attached hydrogen (secondary N) is 2. The highest BCUT2D eigenvalue weighted by molar-refractivity contribution is 5.98. The third-order valence-corrected chi connectivity index (χ3v) is 2.69. The summed E-state index contributed by atoms with van der Waals surface area (Å²) in [6.45, 7) is 0.596. The minimum Gasteiger partial charge on any atom is -0.548 e. The third-order valence-electron chi connectivity index (χ3n) is 2.69. The highest BCUT2D eigenvalue weighted by atomic mass is 16.5. The summed E-state index contributed by atoms with van der Waals surface area (Å²) in [6, 6.07) is 4.86. The van der Waals surface area contributed by atoms with Gasteiger partial charge in [-0.1, -0.05) is 6.07 Å². The standard InChI is InChI=1S/C14H20N2O5/c1-16(2)7-8-21-13-10(5-4-6-11(13)20-3)14(19)15-9-12(17)18/h4-6H,7-9H2,1-3H3,(H,15,19)(H,17,18). The Morgan fingerprint density at radius 3 is 2.62 bits per heavy atom. The molecule has 116 valence electrons. The summed E-state index contributed by atoms with van der Waals surface area (Å²) in [6.07, 6.45) is 0. The number of carbonyl (C=O) groups excluding carboxylic acids is 2. The molecule has 7 nitrogen and oxygen atoms in total. The van der Waals surface area contributed by atoms with E-state index in [2.05, 4.69) is 5.32 Å². The molecule has 0 unspecified atom stereocenters. The number of para-hydroxylation sites is 1. The normalized spacial score (nSPS) is 10.3. The molecule has 1 rings (SSSR count). The minimum absolute atomic E-state index is 0.226. The number of benzene rings is 1. The Bertz CT molecular complexity index is 502. The largest absolute Gasteiger partial charge is 0.548 e. The van der Waals surface area contributed by atoms with Crippen LogP contribution in [0.15, 0.2) is 18.2 Å². The average molecular weight is 296 g/mol. The molecule has 21 heavy (non-hydrogen) atoms. The molecule has 0 aliphatic rings. The van der Waals surface area contributed by atoms with E-state index in [0.717, 1.165) is 6.54 Å². The summed E-state index contributed by atoms with van der Waals surface area (Å²) in [5.74, 6) is -1.18. The van der Waals surface area contributed by atoms with E-state index in [0.29, 0.717) is 18.1 Å². The van der Waals surface area contributed by atoms with Crippen LogP contribution >= 0.6 is 0 Å². The summed E-state index contributed by atoms with van der Waals surface area (Å²) in [5, 5.41) is 12.7. The van der Waals surface area contributed by atoms with Gasteiger partial charge in [0.25, 0.3) is 5.91 Å². The molecule has 7 heteroatoms. The number of likely N-dealkylation sites (N-methyl/N-ethyl adjacent to an activating group) is 1. The molecule has 0 saturated heterocycles. The van der Waals surface area contributed by atoms with Crippen LogP contribution < -0.4 is 24.8 Å². The van der Waals surface area contributed by atoms with Gasteiger partial charge in [-0.15, -0.1) is 0 Å². The lowest BCUT2D eigenvalue weighted by atomic mass is 10.1. The Kier molecular flexibility index (Phi) is 6.48. The van der Waals surface area contributed by atoms with Crippen molar-refractivity contribution in [3.63, 3.8) is 0 Å². The SMILES string of the molecule is COc1cccc(C(=O)NCC(=O)[O-])c1OCC[NH+](C)C. The van der Waals surface area contributed by atoms with Gasteiger partial charge in [-0.05, 0) is 12.1 Å². The van der Waals surface area contributed by atoms with Crippen LogP contribution in [-0.2, 0) is 4.79 Å². The van der Waals surface area contributed by atoms with Crippen LogP contribution in [0.2, 0.25) is 0 Å². The highest BCUT2D eigenvalue weighted by Gasteiger charge is 2.17. The van der Waals surface area contributed by atoms with Crippen LogP contribution in [0.3, 0.4) is 0 Å². The van der Waals surface area contributed by atoms with Gasteiger partial charge in [-0.3, -0.25) is 4.79 Å². The molecular formula is C14H20N2O5. The fraction of sp³-hybridized carbons (Fsp3) is 0.429. The van der Waals surface area contributed by atoms with Crippen molar-refractivity contribution in [2.24, 2.45) is 0 Å². The van der Waals surface area contributed by atoms with Crippen LogP contribution in [0.25, 0.3) is 0 Å². The second-order valence-corrected chi connectivity index (χ2v) is 4.70. The number of ether oxygens (including phenoxy) is 2. The Hall–Kier alpha value is -2.28. The maximum Gasteiger partial charge on any atom is 0.255 e. The first-order valence-electron chi connectivity index (χ1n) is 6.52. The number of rotatable bonds is 8. The van der Waals surface area contributed by atoms with Crippen molar-refractivity contribution >= 4 is 11.9 Å². The molecule has 2 N–H and O–H groups in total. The number of aliphatic carboxylic acids is 1. The quantitative estimate of drug-likeness (QED) is 0.563. The molecule has 0 atom stereocenters. The summed E-state index contributed by atoms with van der Waals surface area (Å²) in [7, 11) is 5.44. The highest BCUT2D eigenvalue weighted by Crippen LogP contribution is 2.30. The van der Waals surface area contributed by atoms with E-state index in [1.165, 1.54) is 12.0 Å². The van der Waals surface area contributed by atoms with E-state index in [-0.39, 0.29) is 5.56 Å². The van der Waals surface area contributed by atoms with Gasteiger partial charge in [0.15, 0.2) is 11.5 Å². The van der Waals surface area contributed by atoms with Gasteiger partial charge < -0.3 is 29.6 Å². The molecule has 1 aromatic carbocycles. The van der Waals surface area contributed by atoms with Crippen molar-refractivity contribution in [3.8, 4) is 11.5 Å². The predicted molar refractivity (Wildman–Crippen MR) is 73.5 cm³/mol. The zero-order valence-corrected chi connectivity index (χ0v) is 12.4. The second-order valence-electron chi connectivity index (χ2n) is 4.70. The number of carbonyl (C=O) groups is 2. The second kappa shape index (κ2) is 8.11. The summed E-state index contributed by atoms with van der Waals surface area (Å²) in [5.41, 5.74) is 0.226. The molecule has 1 amide bonds. The van der Waals surface area contributed by atoms with Crippen molar-refractivity contribution in [1.82, 2.24) is 5.32 Å². The lowest BCUT2D eigenvalue weighted by Crippen LogP contribution is -3.06. The zero-order valence-electron chi connectivity index (χ0n) is 12.4. The number of hydrogen-bond donors (Lipinski definition) is 2. The van der Waals surface area contributed by atoms with E-state index in [9.17, 15) is 14.7 Å². The lowest BCUT2D eigenvalue weighted by molar-refractivity contribution is -0.858. The molecule has 0 aliphatic heterocycles. The minimum atomic E-state index is -1.36. The van der Waals surface area contributed by atoms with Crippen LogP contribution in [0.4, 0.5) is 0 Å². The van der Waals surface area contributed by atoms with E-state index in [1.54, 1.807) is 18.2 Å². The van der Waals surface area contributed by atoms with Gasteiger partial charge in [0.1, 0.15) is 13.2 Å². The van der Waals surface area contributed by atoms with E-state index in [4.69, 9.17) is 9.47 Å². The molecular weight excluding hydrogens is 276 g/mol. The maximum atomic E-state index is 12.0. The fourth-order valence-electron chi connectivity index (χ4n) is 1.61. The van der Waals surface area contributed by atoms with E-state index < -0.39 is 18.4 Å². The predicted octanol–water partition coefficient (Wildman–Crippen LogP) is -2.30. The fourth-order valence-corrected chi connectivity index (χ4v) is 1.61. The zero-order chi connectivity index (χ0) is 15.8. The van der Waals surface area contributed by atoms with Crippen LogP contribution in [0.1, 0.15) is 10.4 Å². The van der Waals surface area contributed by atoms with Crippen LogP contribution in [-0.4, -0.2) is 52.8 Å². The summed E-state index contributed by atoms with van der Waals surface area (Å²) < 4.78 is 10.8. The third kappa shape index (κ3) is 5.31. The van der Waals surface area contributed by atoms with Crippen molar-refractivity contribution in [2.75, 3.05) is 40.9 Å². The number of hydrogen-bond acceptors (Lipinski definition) is 5. The smallest absolute Gasteiger partial charge is 0.255 e. The Morgan fingerprint density at radius 2 is 2.05 bits per heavy atom. The first-order valence-corrected chi connectivity index (χ1v) is 6.52. The van der Waals surface area contributed by atoms with Crippen molar-refractivity contribution in [3.05, 3.63) is 23.8 Å². The van der Waals surface area contributed by atoms with Gasteiger partial charge in [0.05, 0.1) is 39.3 Å². The van der Waals surface area contributed by atoms with Crippen molar-refractivity contribution in [2.45, 2.75) is 0 Å². The Morgan fingerprint density at radius 1 is 1.33 bits per heavy atom. The molecule has 0 radical (unpaired) electrons. The van der Waals surface area contributed by atoms with Crippen LogP contribution in [0.5, 0.6) is 11.5 Å². The van der Waals surface area contributed by atoms with Gasteiger partial charge >= 0.3 is 0 Å². The lowest BCUT2D eigenvalue weighted by Gasteiger charge is -2.15. The van der Waals surface area contributed by atoms with E-state index >= 15 is 0 Å². The molecule has 0 aromatic heterocycles. The summed E-state index contributed by atoms with van der Waals surface area (Å²) >= 11 is 0. The Labute approximate surface area is 123 Å². The maximum absolute atomic E-state index is 12.0. The number of carboxylic acids is 1. The van der Waals surface area contributed by atoms with E-state index in [1.807, 2.05) is 14.1 Å². The monoisotopic (exact) mass is 296 g/mol. The van der Waals surface area contributed by atoms with Gasteiger partial charge in [-0.25, -0.2) is 0 Å². The van der Waals surface area contributed by atoms with Gasteiger partial charge in [-0.2, -0.15) is 0 Å². The Balaban J connectivity index is 2.90. The first-order chi connectivity index (χ1) is 9.95. The molecule has 0 fully saturated rings. The van der Waals surface area contributed by atoms with Crippen LogP contribution in [0, 0.1) is 0 Å². The first kappa shape index (κ1) is 16.8. The number of quaternary nitrogens is 1. The number of carboxylic acid groups (broad SMARTS) is 1. The average Bonchev–Trinajstić information content (AvgIpc) is 2.44. The molecule has 1 aromatic rings. The molecule has 0 saturated carbocycles. The number of methoxy groups -OCH3 is 1. The molecule has 0 heterocycles. The van der Waals surface area contributed by atoms with Crippen molar-refractivity contribution in [1.29, 1.82) is 0 Å². The van der Waals surface area contributed by atoms with Gasteiger partial charge in [0.2, 0.25) is 0 Å². The molecule has 0 spiro atoms. The summed E-state index contributed by atoms with van der Waals surface area (Å²) in [4.78, 5) is 23.6. The topological polar surface area (TPSA) is 92.1 Å². The number of amides is 1. The molecule has 0 bridgehead atoms. The van der Waals surface area contributed by atoms with Crippen molar-refractivity contribution < 1.29 is 29.1 Å².